The number of anilines is 2. The Morgan fingerprint density at radius 1 is 0.694 bits per heavy atom. The number of nitrogens with zero attached hydrogens (tertiary/aromatic N) is 2. The minimum absolute atomic E-state index is 0.292. The molecule has 0 saturated carbocycles. The van der Waals surface area contributed by atoms with E-state index in [1.165, 1.54) is 11.4 Å². The Hall–Kier alpha value is 0.376. The van der Waals surface area contributed by atoms with E-state index in [2.05, 4.69) is 118 Å². The van der Waals surface area contributed by atoms with Gasteiger partial charge >= 0.3 is 139 Å². The van der Waals surface area contributed by atoms with Crippen molar-refractivity contribution in [2.75, 3.05) is 41.8 Å². The molecule has 0 saturated heterocycles. The summed E-state index contributed by atoms with van der Waals surface area (Å²) in [5.74, 6) is 0. The molecule has 0 aromatic heterocycles. The standard InChI is InChI=1S/C15H22NP.C14H20NP.2ClH.Po/c1-14(2)11-8-10(16(5)6)9-12-13(11)17(14,7)15(12,3)4;1-13(2)10-7-9(15(5)6)8-11-12(10)16(13)14(11,3)4;;;/h8-9H,7H2,1-6H3;7-8H,1-6H3;2*1H;/q+1;;;;+2/p-1. The molecule has 0 N–H and O–H groups in total. The second-order valence-electron chi connectivity index (χ2n) is 13.6. The zero-order valence-corrected chi connectivity index (χ0v) is 30.6. The smallest absolute Gasteiger partial charge is 0.108 e. The van der Waals surface area contributed by atoms with Gasteiger partial charge in [0.2, 0.25) is 0 Å². The van der Waals surface area contributed by atoms with Crippen molar-refractivity contribution in [2.24, 2.45) is 0 Å². The van der Waals surface area contributed by atoms with Gasteiger partial charge in [0.25, 0.3) is 0 Å². The van der Waals surface area contributed by atoms with E-state index in [0.29, 0.717) is 20.6 Å². The van der Waals surface area contributed by atoms with Crippen LogP contribution in [0.3, 0.4) is 0 Å². The summed E-state index contributed by atoms with van der Waals surface area (Å²) in [6.45, 7) is 19.4. The van der Waals surface area contributed by atoms with Crippen molar-refractivity contribution >= 4 is 73.7 Å². The van der Waals surface area contributed by atoms with Crippen LogP contribution >= 0.6 is 32.1 Å². The number of benzene rings is 2. The molecule has 0 spiro atoms. The van der Waals surface area contributed by atoms with E-state index in [4.69, 9.17) is 16.9 Å². The van der Waals surface area contributed by atoms with Gasteiger partial charge in [0, 0.05) is 30.9 Å². The molecule has 0 atom stereocenters. The fourth-order valence-corrected chi connectivity index (χ4v) is 38.8. The maximum absolute atomic E-state index is 6.39. The van der Waals surface area contributed by atoms with Crippen molar-refractivity contribution in [1.82, 2.24) is 0 Å². The molecule has 36 heavy (non-hydrogen) atoms. The van der Waals surface area contributed by atoms with Crippen LogP contribution < -0.4 is 20.4 Å². The molecule has 0 aliphatic carbocycles. The van der Waals surface area contributed by atoms with Crippen LogP contribution in [0.5, 0.6) is 0 Å². The number of hydrogen-bond acceptors (Lipinski definition) is 2. The average Bonchev–Trinajstić information content (AvgIpc) is 2.74. The van der Waals surface area contributed by atoms with Crippen LogP contribution in [0.4, 0.5) is 11.4 Å². The van der Waals surface area contributed by atoms with Crippen molar-refractivity contribution in [3.63, 3.8) is 0 Å². The monoisotopic (exact) mass is 760 g/mol. The van der Waals surface area contributed by atoms with Crippen molar-refractivity contribution in [3.8, 4) is 0 Å². The summed E-state index contributed by atoms with van der Waals surface area (Å²) in [6.07, 6.45) is 0. The van der Waals surface area contributed by atoms with Gasteiger partial charge in [-0.15, -0.1) is 0 Å². The van der Waals surface area contributed by atoms with Gasteiger partial charge in [0.15, 0.2) is 0 Å². The van der Waals surface area contributed by atoms with Crippen molar-refractivity contribution < 1.29 is 0 Å². The summed E-state index contributed by atoms with van der Waals surface area (Å²) in [4.78, 5) is 4.44. The molecule has 197 valence electrons. The van der Waals surface area contributed by atoms with Crippen LogP contribution in [-0.2, 0) is 20.6 Å². The number of hydrogen-bond donors (Lipinski definition) is 0. The molecule has 4 aliphatic heterocycles. The predicted molar refractivity (Wildman–Crippen MR) is 170 cm³/mol. The summed E-state index contributed by atoms with van der Waals surface area (Å²) in [6, 6.07) is 9.58. The summed E-state index contributed by atoms with van der Waals surface area (Å²) in [5, 5.41) is 4.97. The van der Waals surface area contributed by atoms with E-state index < -0.39 is 26.9 Å². The minimum Gasteiger partial charge on any atom is -0.378 e. The Labute approximate surface area is 236 Å². The first-order valence-electron chi connectivity index (χ1n) is 12.9. The zero-order valence-electron chi connectivity index (χ0n) is 24.0. The molecule has 0 fully saturated rings. The molecule has 2 nitrogen and oxygen atoms in total. The van der Waals surface area contributed by atoms with Gasteiger partial charge in [0.05, 0.1) is 7.92 Å². The third-order valence-electron chi connectivity index (χ3n) is 10.00. The van der Waals surface area contributed by atoms with E-state index >= 15 is 0 Å². The zero-order chi connectivity index (χ0) is 27.0. The van der Waals surface area contributed by atoms with Crippen LogP contribution in [0.15, 0.2) is 24.3 Å². The molecule has 7 heteroatoms. The molecule has 1 radical (unpaired) electrons. The SMILES string of the molecule is CN(C)c1cc2c3c(c1)C(C)(C)[P+]3([CH2][Po]([Cl])[Cl])C2(C)C.CN(C)c1cc2c3c(c1)C(C)(C)[PH+]3C2(C)C. The van der Waals surface area contributed by atoms with Crippen molar-refractivity contribution in [2.45, 2.75) is 76.0 Å². The molecule has 2 aromatic rings. The Morgan fingerprint density at radius 2 is 1.06 bits per heavy atom. The number of rotatable bonds is 4. The average molecular weight is 762 g/mol. The fraction of sp³-hybridized carbons (Fsp3) is 0.586. The minimum atomic E-state index is -2.12. The second kappa shape index (κ2) is 8.21. The molecule has 0 bridgehead atoms. The molecule has 4 aliphatic rings. The first-order chi connectivity index (χ1) is 16.3. The second-order valence-corrected chi connectivity index (χ2v) is 34.9. The van der Waals surface area contributed by atoms with Gasteiger partial charge in [-0.3, -0.25) is 0 Å². The molecule has 4 heterocycles. The molecule has 6 rings (SSSR count). The van der Waals surface area contributed by atoms with E-state index in [1.54, 1.807) is 32.9 Å². The van der Waals surface area contributed by atoms with Gasteiger partial charge in [-0.1, -0.05) is 0 Å². The van der Waals surface area contributed by atoms with Gasteiger partial charge < -0.3 is 4.90 Å². The van der Waals surface area contributed by atoms with E-state index in [9.17, 15) is 0 Å². The van der Waals surface area contributed by atoms with Crippen LogP contribution in [-0.4, -0.2) is 51.7 Å². The Morgan fingerprint density at radius 3 is 1.39 bits per heavy atom. The summed E-state index contributed by atoms with van der Waals surface area (Å²) in [5.41, 5.74) is 9.07. The van der Waals surface area contributed by atoms with Gasteiger partial charge in [0.1, 0.15) is 15.6 Å². The van der Waals surface area contributed by atoms with E-state index in [1.807, 2.05) is 0 Å². The third-order valence-corrected chi connectivity index (χ3v) is 32.1. The van der Waals surface area contributed by atoms with Crippen LogP contribution in [0.1, 0.15) is 77.6 Å². The van der Waals surface area contributed by atoms with Crippen LogP contribution in [0.25, 0.3) is 0 Å². The van der Waals surface area contributed by atoms with E-state index in [-0.39, 0.29) is 7.92 Å². The number of halogens is 2. The van der Waals surface area contributed by atoms with Crippen LogP contribution in [0, 0.1) is 0 Å². The summed E-state index contributed by atoms with van der Waals surface area (Å²) >= 11 is -2.12. The normalized spacial score (nSPS) is 23.0. The molecular weight excluding hydrogens is 718 g/mol. The van der Waals surface area contributed by atoms with E-state index in [0.717, 1.165) is 3.82 Å². The Kier molecular flexibility index (Phi) is 6.37. The third kappa shape index (κ3) is 3.20. The molecule has 0 amide bonds. The van der Waals surface area contributed by atoms with Gasteiger partial charge in [-0.2, -0.15) is 0 Å². The van der Waals surface area contributed by atoms with Crippen LogP contribution in [0.2, 0.25) is 0 Å². The molecule has 0 unspecified atom stereocenters. The van der Waals surface area contributed by atoms with Gasteiger partial charge in [-0.05, 0) is 39.8 Å². The first kappa shape index (κ1) is 27.9. The predicted octanol–water partition coefficient (Wildman–Crippen LogP) is 7.49. The van der Waals surface area contributed by atoms with Crippen molar-refractivity contribution in [3.05, 3.63) is 46.5 Å². The Balaban J connectivity index is 0.000000152. The van der Waals surface area contributed by atoms with Gasteiger partial charge in [-0.25, -0.2) is 0 Å². The Bertz CT molecular complexity index is 1210. The maximum atomic E-state index is 6.39. The first-order valence-corrected chi connectivity index (χ1v) is 26.4. The topological polar surface area (TPSA) is 6.48 Å². The molecule has 2 aromatic carbocycles. The summed E-state index contributed by atoms with van der Waals surface area (Å²) in [7, 11) is 19.8. The van der Waals surface area contributed by atoms with Crippen molar-refractivity contribution in [1.29, 1.82) is 0 Å². The fourth-order valence-electron chi connectivity index (χ4n) is 8.01. The quantitative estimate of drug-likeness (QED) is 0.299. The summed E-state index contributed by atoms with van der Waals surface area (Å²) < 4.78 is 1.15. The largest absolute Gasteiger partial charge is 0.378 e. The molecular formula is C29H43Cl2N2P2Po+2. The maximum Gasteiger partial charge on any atom is 0.108 e.